The molecule has 0 aliphatic carbocycles. The molecule has 0 bridgehead atoms. The molecule has 5 nitrogen and oxygen atoms in total. The van der Waals surface area contributed by atoms with Gasteiger partial charge in [0.2, 0.25) is 0 Å². The van der Waals surface area contributed by atoms with Gasteiger partial charge >= 0.3 is 113 Å². The second-order valence-corrected chi connectivity index (χ2v) is 26.0. The monoisotopic (exact) mass is 1090 g/mol. The van der Waals surface area contributed by atoms with E-state index in [4.69, 9.17) is 22.6 Å². The molecular weight excluding hydrogens is 952 g/mol. The Labute approximate surface area is 492 Å². The van der Waals surface area contributed by atoms with Crippen molar-refractivity contribution in [1.29, 1.82) is 0 Å². The summed E-state index contributed by atoms with van der Waals surface area (Å²) in [6.45, 7) is 4.99. The van der Waals surface area contributed by atoms with Crippen LogP contribution in [0.4, 0.5) is 0 Å². The van der Waals surface area contributed by atoms with Crippen LogP contribution in [0.5, 0.6) is 0 Å². The Morgan fingerprint density at radius 3 is 0.400 bits per heavy atom. The molecule has 0 atom stereocenters. The van der Waals surface area contributed by atoms with Crippen molar-refractivity contribution in [1.82, 2.24) is 0 Å². The van der Waals surface area contributed by atoms with Crippen molar-refractivity contribution < 1.29 is 22.6 Å². The maximum atomic E-state index is 8.78. The minimum absolute atomic E-state index is 0.375. The number of aliphatic hydroxyl groups excluding tert-OH is 1. The van der Waals surface area contributed by atoms with E-state index in [9.17, 15) is 0 Å². The van der Waals surface area contributed by atoms with Gasteiger partial charge < -0.3 is 5.11 Å². The van der Waals surface area contributed by atoms with Crippen LogP contribution in [0.3, 0.4) is 0 Å². The van der Waals surface area contributed by atoms with E-state index in [-0.39, 0.29) is 0 Å². The van der Waals surface area contributed by atoms with Crippen LogP contribution in [0, 0.1) is 0 Å². The Morgan fingerprint density at radius 2 is 0.307 bits per heavy atom. The summed E-state index contributed by atoms with van der Waals surface area (Å²) >= 11 is 1.41. The van der Waals surface area contributed by atoms with Gasteiger partial charge in [0.05, 0.1) is 0 Å². The van der Waals surface area contributed by atoms with Crippen molar-refractivity contribution >= 4 is 38.3 Å². The van der Waals surface area contributed by atoms with E-state index in [0.717, 1.165) is 6.42 Å². The molecule has 0 saturated heterocycles. The Hall–Kier alpha value is 0.830. The Morgan fingerprint density at radius 1 is 0.213 bits per heavy atom. The van der Waals surface area contributed by atoms with E-state index >= 15 is 0 Å². The first-order valence-electron chi connectivity index (χ1n) is 35.1. The maximum Gasteiger partial charge on any atom is 0.394 e. The summed E-state index contributed by atoms with van der Waals surface area (Å²) in [5.74, 6) is 0. The van der Waals surface area contributed by atoms with Crippen LogP contribution >= 0.6 is 0 Å². The van der Waals surface area contributed by atoms with E-state index in [0.29, 0.717) is 6.61 Å². The predicted octanol–water partition coefficient (Wildman–Crippen LogP) is 24.9. The topological polar surface area (TPSA) is 94.8 Å². The van der Waals surface area contributed by atoms with Crippen LogP contribution in [0.15, 0.2) is 0 Å². The molecule has 7 heteroatoms. The molecule has 0 fully saturated rings. The van der Waals surface area contributed by atoms with Gasteiger partial charge in [-0.25, -0.2) is 0 Å². The molecule has 0 aliphatic rings. The number of rotatable bonds is 64. The Bertz CT molecular complexity index is 905. The van der Waals surface area contributed by atoms with Gasteiger partial charge in [-0.3, -0.25) is 9.11 Å². The smallest absolute Gasteiger partial charge is 0.264 e. The van der Waals surface area contributed by atoms with Gasteiger partial charge in [-0.2, -0.15) is 8.42 Å². The van der Waals surface area contributed by atoms with Crippen LogP contribution in [0.25, 0.3) is 0 Å². The molecule has 0 aromatic carbocycles. The van der Waals surface area contributed by atoms with Gasteiger partial charge in [-0.05, 0) is 6.42 Å². The van der Waals surface area contributed by atoms with Gasteiger partial charge in [-0.1, -0.05) is 348 Å². The molecule has 450 valence electrons. The van der Waals surface area contributed by atoms with Crippen molar-refractivity contribution in [2.24, 2.45) is 0 Å². The van der Waals surface area contributed by atoms with Gasteiger partial charge in [0.15, 0.2) is 0 Å². The SMILES string of the molecule is CCCCCCCCCCCCCCCCCCCCCCCCCCCCCCCCCCO.CCCCCCCCCCCCCCCCCCCCCCCCCCCCCCCCC[CH2][Na].O=S(=O)(O)O. The maximum absolute atomic E-state index is 8.78. The van der Waals surface area contributed by atoms with E-state index in [1.807, 2.05) is 0 Å². The number of aliphatic hydroxyl groups is 1. The van der Waals surface area contributed by atoms with E-state index in [1.54, 1.807) is 0 Å². The molecule has 0 amide bonds. The third-order valence-corrected chi connectivity index (χ3v) is 16.9. The molecule has 0 rings (SSSR count). The van der Waals surface area contributed by atoms with Crippen molar-refractivity contribution in [2.45, 2.75) is 428 Å². The molecule has 0 heterocycles. The first kappa shape index (κ1) is 80.1. The largest absolute Gasteiger partial charge is 0.394 e. The van der Waals surface area contributed by atoms with E-state index < -0.39 is 10.4 Å². The standard InChI is InChI=1S/C34H70O.C34H69.Na.H2O4S/c1-2-3-4-5-6-7-8-9-10-11-12-13-14-15-16-17-18-19-20-21-22-23-24-25-26-27-28-29-30-31-32-33-34-35;1-3-5-7-9-11-13-15-17-19-21-23-25-27-29-31-33-34-32-30-28-26-24-22-20-18-16-14-12-10-8-6-4-2;;1-5(2,3)4/h35H,2-34H2,1H3;1,3-34H2,2H3;;(H2,1,2,3,4). The van der Waals surface area contributed by atoms with Crippen molar-refractivity contribution in [3.63, 3.8) is 0 Å². The fraction of sp³-hybridized carbons (Fsp3) is 1.00. The second-order valence-electron chi connectivity index (χ2n) is 24.1. The molecule has 75 heavy (non-hydrogen) atoms. The molecule has 3 N–H and O–H groups in total. The third-order valence-electron chi connectivity index (χ3n) is 16.2. The van der Waals surface area contributed by atoms with Crippen LogP contribution < -0.4 is 0 Å². The predicted molar refractivity (Wildman–Crippen MR) is 339 cm³/mol. The van der Waals surface area contributed by atoms with Crippen molar-refractivity contribution in [3.8, 4) is 0 Å². The Balaban J connectivity index is -0.00000127. The van der Waals surface area contributed by atoms with Gasteiger partial charge in [-0.15, -0.1) is 0 Å². The van der Waals surface area contributed by atoms with Crippen LogP contribution in [0.2, 0.25) is 3.67 Å². The quantitative estimate of drug-likeness (QED) is 0.0320. The fourth-order valence-electron chi connectivity index (χ4n) is 11.1. The molecule has 0 aliphatic heterocycles. The number of hydrogen-bond donors (Lipinski definition) is 3. The summed E-state index contributed by atoms with van der Waals surface area (Å²) in [6, 6.07) is 0. The zero-order valence-electron chi connectivity index (χ0n) is 52.2. The minimum atomic E-state index is -4.67. The molecular formula is C68H141NaO5S. The molecule has 0 spiro atoms. The summed E-state index contributed by atoms with van der Waals surface area (Å²) in [7, 11) is -4.67. The molecule has 0 unspecified atom stereocenters. The zero-order chi connectivity index (χ0) is 55.2. The summed E-state index contributed by atoms with van der Waals surface area (Å²) < 4.78 is 33.1. The normalized spacial score (nSPS) is 11.5. The average Bonchev–Trinajstić information content (AvgIpc) is 3.39. The van der Waals surface area contributed by atoms with Gasteiger partial charge in [0.1, 0.15) is 0 Å². The first-order chi connectivity index (χ1) is 36.8. The van der Waals surface area contributed by atoms with Gasteiger partial charge in [0, 0.05) is 6.61 Å². The number of hydrogen-bond acceptors (Lipinski definition) is 3. The van der Waals surface area contributed by atoms with Crippen molar-refractivity contribution in [2.75, 3.05) is 6.61 Å². The molecule has 0 radical (unpaired) electrons. The molecule has 0 aromatic rings. The summed E-state index contributed by atoms with van der Waals surface area (Å²) in [5.41, 5.74) is 0. The Kier molecular flexibility index (Phi) is 82.1. The van der Waals surface area contributed by atoms with Crippen LogP contribution in [-0.2, 0) is 10.4 Å². The van der Waals surface area contributed by atoms with Crippen LogP contribution in [-0.4, -0.2) is 57.2 Å². The first-order valence-corrected chi connectivity index (χ1v) is 37.9. The molecule has 0 aromatic heterocycles. The summed E-state index contributed by atoms with van der Waals surface area (Å²) in [4.78, 5) is 0. The number of unbranched alkanes of at least 4 members (excludes halogenated alkanes) is 62. The fourth-order valence-corrected chi connectivity index (χ4v) is 11.6. The minimum Gasteiger partial charge on any atom is -0.264 e. The van der Waals surface area contributed by atoms with E-state index in [2.05, 4.69) is 13.8 Å². The van der Waals surface area contributed by atoms with Gasteiger partial charge in [0.25, 0.3) is 0 Å². The third kappa shape index (κ3) is 94.4. The van der Waals surface area contributed by atoms with Crippen LogP contribution in [0.1, 0.15) is 425 Å². The molecule has 0 saturated carbocycles. The zero-order valence-corrected chi connectivity index (χ0v) is 55.1. The average molecular weight is 1090 g/mol. The summed E-state index contributed by atoms with van der Waals surface area (Å²) in [5, 5.41) is 8.78. The second kappa shape index (κ2) is 76.9. The van der Waals surface area contributed by atoms with Crippen molar-refractivity contribution in [3.05, 3.63) is 0 Å². The summed E-state index contributed by atoms with van der Waals surface area (Å²) in [6.07, 6.45) is 93.8. The van der Waals surface area contributed by atoms with E-state index in [1.165, 1.54) is 436 Å².